The summed E-state index contributed by atoms with van der Waals surface area (Å²) < 4.78 is 0.961. The van der Waals surface area contributed by atoms with Gasteiger partial charge in [0.2, 0.25) is 5.91 Å². The van der Waals surface area contributed by atoms with Gasteiger partial charge in [0.25, 0.3) is 0 Å². The van der Waals surface area contributed by atoms with E-state index < -0.39 is 0 Å². The normalized spacial score (nSPS) is 13.8. The van der Waals surface area contributed by atoms with Gasteiger partial charge in [-0.25, -0.2) is 0 Å². The van der Waals surface area contributed by atoms with Crippen molar-refractivity contribution in [2.45, 2.75) is 25.3 Å². The Kier molecular flexibility index (Phi) is 4.15. The van der Waals surface area contributed by atoms with Crippen LogP contribution in [0, 0.1) is 0 Å². The number of aromatic nitrogens is 2. The predicted octanol–water partition coefficient (Wildman–Crippen LogP) is 2.99. The van der Waals surface area contributed by atoms with Gasteiger partial charge in [-0.15, -0.1) is 10.2 Å². The van der Waals surface area contributed by atoms with E-state index in [0.29, 0.717) is 18.3 Å². The minimum Gasteiger partial charge on any atom is -0.366 e. The summed E-state index contributed by atoms with van der Waals surface area (Å²) in [6, 6.07) is 11.8. The Morgan fingerprint density at radius 2 is 1.95 bits per heavy atom. The number of benzene rings is 1. The molecule has 1 fully saturated rings. The van der Waals surface area contributed by atoms with Gasteiger partial charge in [0.15, 0.2) is 5.82 Å². The molecule has 0 atom stereocenters. The third kappa shape index (κ3) is 4.26. The molecule has 1 aliphatic carbocycles. The highest BCUT2D eigenvalue weighted by atomic mass is 79.9. The van der Waals surface area contributed by atoms with Crippen LogP contribution < -0.4 is 10.6 Å². The van der Waals surface area contributed by atoms with Crippen molar-refractivity contribution in [2.24, 2.45) is 0 Å². The lowest BCUT2D eigenvalue weighted by atomic mass is 10.1. The molecular formula is C15H15BrN4O. The van der Waals surface area contributed by atoms with Gasteiger partial charge in [0.1, 0.15) is 5.82 Å². The average molecular weight is 347 g/mol. The first-order valence-corrected chi connectivity index (χ1v) is 7.63. The molecule has 1 aromatic heterocycles. The maximum Gasteiger partial charge on any atom is 0.229 e. The van der Waals surface area contributed by atoms with E-state index in [4.69, 9.17) is 0 Å². The summed E-state index contributed by atoms with van der Waals surface area (Å²) in [5.74, 6) is 1.11. The van der Waals surface area contributed by atoms with Crippen LogP contribution in [0.15, 0.2) is 40.9 Å². The van der Waals surface area contributed by atoms with Crippen LogP contribution in [0.2, 0.25) is 0 Å². The molecule has 0 bridgehead atoms. The van der Waals surface area contributed by atoms with Crippen molar-refractivity contribution in [3.05, 3.63) is 46.4 Å². The minimum absolute atomic E-state index is 0.106. The molecule has 21 heavy (non-hydrogen) atoms. The maximum absolute atomic E-state index is 12.0. The van der Waals surface area contributed by atoms with E-state index in [-0.39, 0.29) is 5.91 Å². The summed E-state index contributed by atoms with van der Waals surface area (Å²) in [6.45, 7) is 0. The lowest BCUT2D eigenvalue weighted by molar-refractivity contribution is -0.115. The number of hydrogen-bond donors (Lipinski definition) is 2. The van der Waals surface area contributed by atoms with Crippen LogP contribution in [-0.4, -0.2) is 22.1 Å². The highest BCUT2D eigenvalue weighted by Crippen LogP contribution is 2.23. The first-order valence-electron chi connectivity index (χ1n) is 6.83. The summed E-state index contributed by atoms with van der Waals surface area (Å²) in [4.78, 5) is 12.0. The quantitative estimate of drug-likeness (QED) is 0.873. The molecule has 1 aliphatic rings. The number of rotatable bonds is 5. The lowest BCUT2D eigenvalue weighted by Crippen LogP contribution is -2.16. The van der Waals surface area contributed by atoms with Crippen molar-refractivity contribution in [1.82, 2.24) is 10.2 Å². The van der Waals surface area contributed by atoms with Gasteiger partial charge in [0, 0.05) is 10.5 Å². The molecule has 2 N–H and O–H groups in total. The van der Waals surface area contributed by atoms with Gasteiger partial charge < -0.3 is 10.6 Å². The lowest BCUT2D eigenvalue weighted by Gasteiger charge is -2.06. The van der Waals surface area contributed by atoms with E-state index in [1.807, 2.05) is 30.3 Å². The Bertz CT molecular complexity index is 640. The van der Waals surface area contributed by atoms with E-state index in [1.54, 1.807) is 6.07 Å². The number of halogens is 1. The fourth-order valence-corrected chi connectivity index (χ4v) is 2.38. The minimum atomic E-state index is -0.106. The molecule has 6 heteroatoms. The summed E-state index contributed by atoms with van der Waals surface area (Å²) in [6.07, 6.45) is 2.68. The topological polar surface area (TPSA) is 66.9 Å². The number of anilines is 2. The molecule has 3 rings (SSSR count). The SMILES string of the molecule is O=C(Cc1cccc(Br)c1)Nc1ccc(NC2CC2)nn1. The Morgan fingerprint density at radius 3 is 2.62 bits per heavy atom. The maximum atomic E-state index is 12.0. The average Bonchev–Trinajstić information content (AvgIpc) is 3.25. The molecule has 0 radical (unpaired) electrons. The molecule has 0 spiro atoms. The molecule has 108 valence electrons. The second-order valence-corrected chi connectivity index (χ2v) is 5.99. The Labute approximate surface area is 131 Å². The van der Waals surface area contributed by atoms with Gasteiger partial charge in [0.05, 0.1) is 6.42 Å². The number of carbonyl (C=O) groups is 1. The van der Waals surface area contributed by atoms with Crippen LogP contribution in [0.1, 0.15) is 18.4 Å². The second kappa shape index (κ2) is 6.22. The van der Waals surface area contributed by atoms with E-state index in [2.05, 4.69) is 36.8 Å². The first-order chi connectivity index (χ1) is 10.2. The van der Waals surface area contributed by atoms with Crippen molar-refractivity contribution in [1.29, 1.82) is 0 Å². The van der Waals surface area contributed by atoms with E-state index in [1.165, 1.54) is 12.8 Å². The smallest absolute Gasteiger partial charge is 0.229 e. The van der Waals surface area contributed by atoms with Gasteiger partial charge in [-0.05, 0) is 42.7 Å². The van der Waals surface area contributed by atoms with E-state index >= 15 is 0 Å². The molecule has 1 saturated carbocycles. The van der Waals surface area contributed by atoms with Crippen molar-refractivity contribution in [2.75, 3.05) is 10.6 Å². The highest BCUT2D eigenvalue weighted by Gasteiger charge is 2.21. The van der Waals surface area contributed by atoms with Crippen LogP contribution >= 0.6 is 15.9 Å². The summed E-state index contributed by atoms with van der Waals surface area (Å²) in [5, 5.41) is 14.1. The van der Waals surface area contributed by atoms with Crippen LogP contribution in [0.3, 0.4) is 0 Å². The predicted molar refractivity (Wildman–Crippen MR) is 85.2 cm³/mol. The fraction of sp³-hybridized carbons (Fsp3) is 0.267. The molecule has 0 saturated heterocycles. The highest BCUT2D eigenvalue weighted by molar-refractivity contribution is 9.10. The molecule has 0 unspecified atom stereocenters. The number of amides is 1. The van der Waals surface area contributed by atoms with Gasteiger partial charge >= 0.3 is 0 Å². The molecule has 1 heterocycles. The molecule has 5 nitrogen and oxygen atoms in total. The Balaban J connectivity index is 1.56. The van der Waals surface area contributed by atoms with E-state index in [0.717, 1.165) is 15.9 Å². The third-order valence-corrected chi connectivity index (χ3v) is 3.61. The number of nitrogens with zero attached hydrogens (tertiary/aromatic N) is 2. The molecule has 1 aromatic carbocycles. The number of nitrogens with one attached hydrogen (secondary N) is 2. The first kappa shape index (κ1) is 14.0. The third-order valence-electron chi connectivity index (χ3n) is 3.12. The fourth-order valence-electron chi connectivity index (χ4n) is 1.93. The number of carbonyl (C=O) groups excluding carboxylic acids is 1. The molecular weight excluding hydrogens is 332 g/mol. The van der Waals surface area contributed by atoms with Gasteiger partial charge in [-0.3, -0.25) is 4.79 Å². The summed E-state index contributed by atoms with van der Waals surface area (Å²) >= 11 is 3.39. The molecule has 1 amide bonds. The van der Waals surface area contributed by atoms with Gasteiger partial charge in [-0.1, -0.05) is 28.1 Å². The summed E-state index contributed by atoms with van der Waals surface area (Å²) in [5.41, 5.74) is 0.946. The number of hydrogen-bond acceptors (Lipinski definition) is 4. The zero-order chi connectivity index (χ0) is 14.7. The largest absolute Gasteiger partial charge is 0.366 e. The molecule has 0 aliphatic heterocycles. The second-order valence-electron chi connectivity index (χ2n) is 5.08. The zero-order valence-electron chi connectivity index (χ0n) is 11.3. The monoisotopic (exact) mass is 346 g/mol. The van der Waals surface area contributed by atoms with Crippen LogP contribution in [0.25, 0.3) is 0 Å². The van der Waals surface area contributed by atoms with Crippen LogP contribution in [-0.2, 0) is 11.2 Å². The van der Waals surface area contributed by atoms with Crippen molar-refractivity contribution < 1.29 is 4.79 Å². The van der Waals surface area contributed by atoms with Crippen LogP contribution in [0.5, 0.6) is 0 Å². The van der Waals surface area contributed by atoms with Gasteiger partial charge in [-0.2, -0.15) is 0 Å². The molecule has 2 aromatic rings. The van der Waals surface area contributed by atoms with E-state index in [9.17, 15) is 4.79 Å². The van der Waals surface area contributed by atoms with Crippen molar-refractivity contribution in [3.8, 4) is 0 Å². The van der Waals surface area contributed by atoms with Crippen LogP contribution in [0.4, 0.5) is 11.6 Å². The zero-order valence-corrected chi connectivity index (χ0v) is 12.9. The van der Waals surface area contributed by atoms with Crippen molar-refractivity contribution in [3.63, 3.8) is 0 Å². The van der Waals surface area contributed by atoms with Crippen molar-refractivity contribution >= 4 is 33.5 Å². The standard InChI is InChI=1S/C15H15BrN4O/c16-11-3-1-2-10(8-11)9-15(21)18-14-7-6-13(19-20-14)17-12-4-5-12/h1-3,6-8,12H,4-5,9H2,(H,17,19)(H,18,20,21). The summed E-state index contributed by atoms with van der Waals surface area (Å²) in [7, 11) is 0. The Morgan fingerprint density at radius 1 is 1.19 bits per heavy atom. The Hall–Kier alpha value is -1.95.